The summed E-state index contributed by atoms with van der Waals surface area (Å²) in [6, 6.07) is 22.0. The maximum atomic E-state index is 13.1. The fraction of sp³-hybridized carbons (Fsp3) is 0.286. The van der Waals surface area contributed by atoms with Gasteiger partial charge in [-0.3, -0.25) is 14.6 Å². The topological polar surface area (TPSA) is 92.1 Å². The molecule has 1 aromatic heterocycles. The van der Waals surface area contributed by atoms with E-state index in [1.165, 1.54) is 0 Å². The summed E-state index contributed by atoms with van der Waals surface area (Å²) in [5.74, 6) is -1.07. The molecule has 7 heteroatoms. The van der Waals surface area contributed by atoms with Gasteiger partial charge in [-0.05, 0) is 74.7 Å². The second-order valence-electron chi connectivity index (χ2n) is 8.92. The molecule has 1 amide bonds. The molecule has 0 fully saturated rings. The number of benzene rings is 2. The van der Waals surface area contributed by atoms with E-state index in [-0.39, 0.29) is 18.4 Å². The Balaban J connectivity index is 1.75. The standard InChI is InChI=1S/C28H28ClN3O3/c1-19(32-27(34)28(2,3)35-26(33)17-24-9-4-5-14-31-24)25(16-20-10-12-23(29)13-11-20)22-8-6-7-21(15-22)18-30/h4-15,19,25H,16-17H2,1-3H3,(H,32,34)/t19-,25+/m0/s1. The van der Waals surface area contributed by atoms with Gasteiger partial charge in [0.2, 0.25) is 0 Å². The van der Waals surface area contributed by atoms with Crippen molar-refractivity contribution < 1.29 is 14.3 Å². The van der Waals surface area contributed by atoms with Gasteiger partial charge in [-0.25, -0.2) is 0 Å². The van der Waals surface area contributed by atoms with Crippen molar-refractivity contribution in [1.29, 1.82) is 5.26 Å². The fourth-order valence-electron chi connectivity index (χ4n) is 3.80. The lowest BCUT2D eigenvalue weighted by atomic mass is 9.85. The zero-order chi connectivity index (χ0) is 25.4. The zero-order valence-electron chi connectivity index (χ0n) is 20.0. The first kappa shape index (κ1) is 25.9. The van der Waals surface area contributed by atoms with Crippen molar-refractivity contribution in [2.45, 2.75) is 51.2 Å². The van der Waals surface area contributed by atoms with Gasteiger partial charge >= 0.3 is 5.97 Å². The van der Waals surface area contributed by atoms with E-state index >= 15 is 0 Å². The van der Waals surface area contributed by atoms with Crippen molar-refractivity contribution in [3.05, 3.63) is 100 Å². The first-order valence-electron chi connectivity index (χ1n) is 11.3. The van der Waals surface area contributed by atoms with Gasteiger partial charge in [-0.1, -0.05) is 41.9 Å². The Morgan fingerprint density at radius 2 is 1.86 bits per heavy atom. The molecule has 1 heterocycles. The molecule has 3 aromatic rings. The van der Waals surface area contributed by atoms with E-state index < -0.39 is 17.5 Å². The summed E-state index contributed by atoms with van der Waals surface area (Å²) in [6.07, 6.45) is 2.20. The average Bonchev–Trinajstić information content (AvgIpc) is 2.83. The summed E-state index contributed by atoms with van der Waals surface area (Å²) in [5.41, 5.74) is 1.72. The highest BCUT2D eigenvalue weighted by Crippen LogP contribution is 2.27. The number of carbonyl (C=O) groups is 2. The summed E-state index contributed by atoms with van der Waals surface area (Å²) in [5, 5.41) is 13.0. The van der Waals surface area contributed by atoms with Gasteiger partial charge in [0.25, 0.3) is 5.91 Å². The van der Waals surface area contributed by atoms with E-state index in [0.29, 0.717) is 22.7 Å². The summed E-state index contributed by atoms with van der Waals surface area (Å²) >= 11 is 6.04. The molecule has 0 spiro atoms. The van der Waals surface area contributed by atoms with Gasteiger partial charge in [-0.15, -0.1) is 0 Å². The highest BCUT2D eigenvalue weighted by atomic mass is 35.5. The molecule has 6 nitrogen and oxygen atoms in total. The van der Waals surface area contributed by atoms with E-state index in [9.17, 15) is 14.9 Å². The number of rotatable bonds is 9. The maximum Gasteiger partial charge on any atom is 0.312 e. The van der Waals surface area contributed by atoms with E-state index in [1.54, 1.807) is 44.3 Å². The predicted octanol–water partition coefficient (Wildman–Crippen LogP) is 5.00. The van der Waals surface area contributed by atoms with Crippen molar-refractivity contribution in [3.63, 3.8) is 0 Å². The minimum atomic E-state index is -1.38. The molecular weight excluding hydrogens is 462 g/mol. The molecule has 0 aliphatic heterocycles. The summed E-state index contributed by atoms with van der Waals surface area (Å²) in [4.78, 5) is 29.7. The second-order valence-corrected chi connectivity index (χ2v) is 9.36. The number of nitrogens with zero attached hydrogens (tertiary/aromatic N) is 2. The first-order valence-corrected chi connectivity index (χ1v) is 11.7. The van der Waals surface area contributed by atoms with Crippen LogP contribution in [0.1, 0.15) is 49.1 Å². The Hall–Kier alpha value is -3.69. The largest absolute Gasteiger partial charge is 0.449 e. The van der Waals surface area contributed by atoms with Crippen LogP contribution < -0.4 is 5.32 Å². The molecule has 0 unspecified atom stereocenters. The van der Waals surface area contributed by atoms with E-state index in [4.69, 9.17) is 16.3 Å². The van der Waals surface area contributed by atoms with Crippen LogP contribution in [-0.4, -0.2) is 28.5 Å². The summed E-state index contributed by atoms with van der Waals surface area (Å²) in [7, 11) is 0. The highest BCUT2D eigenvalue weighted by molar-refractivity contribution is 6.30. The molecule has 3 rings (SSSR count). The van der Waals surface area contributed by atoms with Crippen LogP contribution in [-0.2, 0) is 27.2 Å². The van der Waals surface area contributed by atoms with Crippen molar-refractivity contribution in [2.24, 2.45) is 0 Å². The Labute approximate surface area is 210 Å². The number of esters is 1. The second kappa shape index (κ2) is 11.6. The molecule has 1 N–H and O–H groups in total. The maximum absolute atomic E-state index is 13.1. The number of halogens is 1. The Bertz CT molecular complexity index is 1200. The number of aromatic nitrogens is 1. The minimum Gasteiger partial charge on any atom is -0.449 e. The van der Waals surface area contributed by atoms with Crippen LogP contribution in [0.2, 0.25) is 5.02 Å². The number of carbonyl (C=O) groups excluding carboxylic acids is 2. The molecule has 35 heavy (non-hydrogen) atoms. The van der Waals surface area contributed by atoms with E-state index in [1.807, 2.05) is 49.4 Å². The lowest BCUT2D eigenvalue weighted by molar-refractivity contribution is -0.164. The van der Waals surface area contributed by atoms with Crippen LogP contribution in [0.4, 0.5) is 0 Å². The third-order valence-corrected chi connectivity index (χ3v) is 5.99. The normalized spacial score (nSPS) is 12.8. The quantitative estimate of drug-likeness (QED) is 0.427. The number of hydrogen-bond donors (Lipinski definition) is 1. The molecule has 0 bridgehead atoms. The molecule has 2 aromatic carbocycles. The number of nitriles is 1. The molecule has 0 radical (unpaired) electrons. The summed E-state index contributed by atoms with van der Waals surface area (Å²) in [6.45, 7) is 5.04. The zero-order valence-corrected chi connectivity index (χ0v) is 20.8. The molecule has 0 aliphatic carbocycles. The molecule has 2 atom stereocenters. The third kappa shape index (κ3) is 7.40. The monoisotopic (exact) mass is 489 g/mol. The van der Waals surface area contributed by atoms with Gasteiger partial charge in [0, 0.05) is 23.2 Å². The van der Waals surface area contributed by atoms with Crippen LogP contribution in [0.5, 0.6) is 0 Å². The summed E-state index contributed by atoms with van der Waals surface area (Å²) < 4.78 is 5.51. The van der Waals surface area contributed by atoms with Crippen molar-refractivity contribution in [2.75, 3.05) is 0 Å². The molecular formula is C28H28ClN3O3. The Morgan fingerprint density at radius 3 is 2.51 bits per heavy atom. The smallest absolute Gasteiger partial charge is 0.312 e. The van der Waals surface area contributed by atoms with Gasteiger partial charge in [0.15, 0.2) is 5.60 Å². The highest BCUT2D eigenvalue weighted by Gasteiger charge is 2.34. The Kier molecular flexibility index (Phi) is 8.62. The number of pyridine rings is 1. The number of ether oxygens (including phenoxy) is 1. The van der Waals surface area contributed by atoms with Gasteiger partial charge < -0.3 is 10.1 Å². The number of nitrogens with one attached hydrogen (secondary N) is 1. The first-order chi connectivity index (χ1) is 16.7. The number of amides is 1. The van der Waals surface area contributed by atoms with Crippen molar-refractivity contribution >= 4 is 23.5 Å². The average molecular weight is 490 g/mol. The molecule has 0 saturated heterocycles. The van der Waals surface area contributed by atoms with Crippen molar-refractivity contribution in [3.8, 4) is 6.07 Å². The number of hydrogen-bond acceptors (Lipinski definition) is 5. The van der Waals surface area contributed by atoms with Gasteiger partial charge in [0.05, 0.1) is 23.7 Å². The lowest BCUT2D eigenvalue weighted by Crippen LogP contribution is -2.50. The molecule has 0 saturated carbocycles. The van der Waals surface area contributed by atoms with Crippen LogP contribution in [0.25, 0.3) is 0 Å². The van der Waals surface area contributed by atoms with Crippen molar-refractivity contribution in [1.82, 2.24) is 10.3 Å². The van der Waals surface area contributed by atoms with Crippen LogP contribution in [0.15, 0.2) is 72.9 Å². The van der Waals surface area contributed by atoms with Gasteiger partial charge in [-0.2, -0.15) is 5.26 Å². The molecule has 0 aliphatic rings. The fourth-order valence-corrected chi connectivity index (χ4v) is 3.92. The van der Waals surface area contributed by atoms with E-state index in [0.717, 1.165) is 11.1 Å². The lowest BCUT2D eigenvalue weighted by Gasteiger charge is -2.30. The van der Waals surface area contributed by atoms with E-state index in [2.05, 4.69) is 16.4 Å². The van der Waals surface area contributed by atoms with Crippen LogP contribution in [0, 0.1) is 11.3 Å². The minimum absolute atomic E-state index is 0.0206. The third-order valence-electron chi connectivity index (χ3n) is 5.74. The van der Waals surface area contributed by atoms with Crippen LogP contribution in [0.3, 0.4) is 0 Å². The molecule has 180 valence electrons. The SMILES string of the molecule is C[C@H](NC(=O)C(C)(C)OC(=O)Cc1ccccn1)[C@@H](Cc1ccc(Cl)cc1)c1cccc(C#N)c1. The van der Waals surface area contributed by atoms with Gasteiger partial charge in [0.1, 0.15) is 0 Å². The Morgan fingerprint density at radius 1 is 1.11 bits per heavy atom. The predicted molar refractivity (Wildman–Crippen MR) is 135 cm³/mol. The van der Waals surface area contributed by atoms with Crippen LogP contribution >= 0.6 is 11.6 Å².